The topological polar surface area (TPSA) is 98.6 Å². The number of amides is 2. The first-order valence-corrected chi connectivity index (χ1v) is 8.21. The molecule has 0 bridgehead atoms. The Balaban J connectivity index is 1.79. The number of carbonyl (C=O) groups is 2. The summed E-state index contributed by atoms with van der Waals surface area (Å²) in [4.78, 5) is 24.3. The fourth-order valence-electron chi connectivity index (χ4n) is 2.91. The maximum atomic E-state index is 12.5. The number of benzene rings is 2. The highest BCUT2D eigenvalue weighted by Gasteiger charge is 2.25. The Kier molecular flexibility index (Phi) is 5.35. The number of methoxy groups -OCH3 is 3. The SMILES string of the molecule is COc1cc(NC(=O)CC2N=NC(=O)c3ccccc32)cc(OC)c1OC. The Labute approximate surface area is 156 Å². The average Bonchev–Trinajstić information content (AvgIpc) is 2.69. The minimum absolute atomic E-state index is 0.0461. The first kappa shape index (κ1) is 18.4. The highest BCUT2D eigenvalue weighted by Crippen LogP contribution is 2.40. The van der Waals surface area contributed by atoms with Crippen LogP contribution >= 0.6 is 0 Å². The zero-order valence-corrected chi connectivity index (χ0v) is 15.2. The van der Waals surface area contributed by atoms with E-state index in [1.54, 1.807) is 36.4 Å². The molecule has 27 heavy (non-hydrogen) atoms. The van der Waals surface area contributed by atoms with Gasteiger partial charge in [-0.25, -0.2) is 0 Å². The molecule has 0 saturated carbocycles. The van der Waals surface area contributed by atoms with E-state index in [4.69, 9.17) is 14.2 Å². The van der Waals surface area contributed by atoms with Gasteiger partial charge >= 0.3 is 0 Å². The molecule has 0 radical (unpaired) electrons. The van der Waals surface area contributed by atoms with E-state index < -0.39 is 11.9 Å². The largest absolute Gasteiger partial charge is 0.493 e. The fraction of sp³-hybridized carbons (Fsp3) is 0.263. The molecular weight excluding hydrogens is 350 g/mol. The lowest BCUT2D eigenvalue weighted by Crippen LogP contribution is -2.18. The van der Waals surface area contributed by atoms with E-state index >= 15 is 0 Å². The molecule has 1 heterocycles. The molecule has 2 amide bonds. The third-order valence-corrected chi connectivity index (χ3v) is 4.17. The highest BCUT2D eigenvalue weighted by atomic mass is 16.5. The first-order valence-electron chi connectivity index (χ1n) is 8.21. The van der Waals surface area contributed by atoms with Gasteiger partial charge in [-0.2, -0.15) is 5.11 Å². The van der Waals surface area contributed by atoms with Crippen molar-refractivity contribution < 1.29 is 23.8 Å². The van der Waals surface area contributed by atoms with Crippen molar-refractivity contribution in [3.63, 3.8) is 0 Å². The van der Waals surface area contributed by atoms with Crippen LogP contribution in [0.2, 0.25) is 0 Å². The monoisotopic (exact) mass is 369 g/mol. The van der Waals surface area contributed by atoms with Crippen LogP contribution in [0.3, 0.4) is 0 Å². The van der Waals surface area contributed by atoms with Crippen LogP contribution in [-0.2, 0) is 4.79 Å². The van der Waals surface area contributed by atoms with Gasteiger partial charge in [0.15, 0.2) is 11.5 Å². The predicted octanol–water partition coefficient (Wildman–Crippen LogP) is 3.39. The molecule has 0 aromatic heterocycles. The molecule has 2 aromatic carbocycles. The van der Waals surface area contributed by atoms with Gasteiger partial charge in [-0.1, -0.05) is 18.2 Å². The third-order valence-electron chi connectivity index (χ3n) is 4.17. The highest BCUT2D eigenvalue weighted by molar-refractivity contribution is 5.98. The molecule has 140 valence electrons. The van der Waals surface area contributed by atoms with E-state index in [1.165, 1.54) is 21.3 Å². The van der Waals surface area contributed by atoms with Crippen molar-refractivity contribution in [2.24, 2.45) is 10.2 Å². The van der Waals surface area contributed by atoms with E-state index in [0.29, 0.717) is 34.1 Å². The normalized spacial score (nSPS) is 15.1. The van der Waals surface area contributed by atoms with Crippen molar-refractivity contribution in [2.45, 2.75) is 12.5 Å². The van der Waals surface area contributed by atoms with E-state index in [9.17, 15) is 9.59 Å². The quantitative estimate of drug-likeness (QED) is 0.841. The van der Waals surface area contributed by atoms with E-state index in [2.05, 4.69) is 15.5 Å². The summed E-state index contributed by atoms with van der Waals surface area (Å²) < 4.78 is 15.8. The molecule has 0 spiro atoms. The number of ether oxygens (including phenoxy) is 3. The third kappa shape index (κ3) is 3.74. The van der Waals surface area contributed by atoms with E-state index in [-0.39, 0.29) is 12.3 Å². The van der Waals surface area contributed by atoms with Crippen LogP contribution in [-0.4, -0.2) is 33.1 Å². The summed E-state index contributed by atoms with van der Waals surface area (Å²) in [6, 6.07) is 9.78. The zero-order chi connectivity index (χ0) is 19.4. The van der Waals surface area contributed by atoms with Crippen LogP contribution in [0.1, 0.15) is 28.4 Å². The summed E-state index contributed by atoms with van der Waals surface area (Å²) in [6.07, 6.45) is 0.0461. The first-order chi connectivity index (χ1) is 13.1. The lowest BCUT2D eigenvalue weighted by molar-refractivity contribution is -0.116. The number of hydrogen-bond acceptors (Lipinski definition) is 6. The Bertz CT molecular complexity index is 885. The van der Waals surface area contributed by atoms with Crippen molar-refractivity contribution in [2.75, 3.05) is 26.6 Å². The Hall–Kier alpha value is -3.42. The number of hydrogen-bond donors (Lipinski definition) is 1. The zero-order valence-electron chi connectivity index (χ0n) is 15.2. The number of nitrogens with zero attached hydrogens (tertiary/aromatic N) is 2. The number of anilines is 1. The van der Waals surface area contributed by atoms with Crippen LogP contribution in [0, 0.1) is 0 Å². The van der Waals surface area contributed by atoms with Gasteiger partial charge < -0.3 is 19.5 Å². The van der Waals surface area contributed by atoms with Crippen molar-refractivity contribution in [3.05, 3.63) is 47.5 Å². The summed E-state index contributed by atoms with van der Waals surface area (Å²) in [5.41, 5.74) is 1.65. The standard InChI is InChI=1S/C19H19N3O5/c1-25-15-8-11(9-16(26-2)18(15)27-3)20-17(23)10-14-12-6-4-5-7-13(12)19(24)22-21-14/h4-9,14H,10H2,1-3H3,(H,20,23). The molecule has 1 atom stereocenters. The maximum Gasteiger partial charge on any atom is 0.295 e. The number of fused-ring (bicyclic) bond motifs is 1. The van der Waals surface area contributed by atoms with Gasteiger partial charge in [-0.3, -0.25) is 9.59 Å². The molecule has 0 saturated heterocycles. The molecule has 8 nitrogen and oxygen atoms in total. The molecule has 0 aliphatic carbocycles. The second-order valence-corrected chi connectivity index (χ2v) is 5.79. The second-order valence-electron chi connectivity index (χ2n) is 5.79. The number of nitrogens with one attached hydrogen (secondary N) is 1. The minimum Gasteiger partial charge on any atom is -0.493 e. The van der Waals surface area contributed by atoms with Crippen molar-refractivity contribution in [1.82, 2.24) is 0 Å². The predicted molar refractivity (Wildman–Crippen MR) is 97.7 cm³/mol. The van der Waals surface area contributed by atoms with Gasteiger partial charge in [0.25, 0.3) is 5.91 Å². The van der Waals surface area contributed by atoms with Crippen LogP contribution in [0.25, 0.3) is 0 Å². The summed E-state index contributed by atoms with van der Waals surface area (Å²) in [5.74, 6) is 0.622. The average molecular weight is 369 g/mol. The van der Waals surface area contributed by atoms with Crippen LogP contribution in [0.15, 0.2) is 46.6 Å². The molecule has 1 aliphatic rings. The minimum atomic E-state index is -0.513. The molecule has 2 aromatic rings. The summed E-state index contributed by atoms with van der Waals surface area (Å²) >= 11 is 0. The summed E-state index contributed by atoms with van der Waals surface area (Å²) in [5, 5.41) is 10.4. The molecule has 3 rings (SSSR count). The molecule has 1 N–H and O–H groups in total. The Morgan fingerprint density at radius 2 is 1.74 bits per heavy atom. The van der Waals surface area contributed by atoms with Crippen molar-refractivity contribution >= 4 is 17.5 Å². The number of carbonyl (C=O) groups excluding carboxylic acids is 2. The van der Waals surface area contributed by atoms with Crippen molar-refractivity contribution in [3.8, 4) is 17.2 Å². The fourth-order valence-corrected chi connectivity index (χ4v) is 2.91. The van der Waals surface area contributed by atoms with Crippen molar-refractivity contribution in [1.29, 1.82) is 0 Å². The molecule has 8 heteroatoms. The van der Waals surface area contributed by atoms with E-state index in [0.717, 1.165) is 0 Å². The summed E-state index contributed by atoms with van der Waals surface area (Å²) in [7, 11) is 4.50. The van der Waals surface area contributed by atoms with E-state index in [1.807, 2.05) is 0 Å². The van der Waals surface area contributed by atoms with Gasteiger partial charge in [0.05, 0.1) is 27.8 Å². The Morgan fingerprint density at radius 1 is 1.07 bits per heavy atom. The number of azo groups is 1. The van der Waals surface area contributed by atoms with Crippen LogP contribution in [0.4, 0.5) is 5.69 Å². The maximum absolute atomic E-state index is 12.5. The van der Waals surface area contributed by atoms with Gasteiger partial charge in [-0.05, 0) is 11.6 Å². The van der Waals surface area contributed by atoms with Gasteiger partial charge in [0.1, 0.15) is 6.04 Å². The molecule has 1 unspecified atom stereocenters. The lowest BCUT2D eigenvalue weighted by atomic mass is 9.97. The van der Waals surface area contributed by atoms with Gasteiger partial charge in [-0.15, -0.1) is 5.11 Å². The second kappa shape index (κ2) is 7.86. The van der Waals surface area contributed by atoms with Crippen LogP contribution in [0.5, 0.6) is 17.2 Å². The lowest BCUT2D eigenvalue weighted by Gasteiger charge is -2.18. The number of rotatable bonds is 6. The molecule has 0 fully saturated rings. The summed E-state index contributed by atoms with van der Waals surface area (Å²) in [6.45, 7) is 0. The van der Waals surface area contributed by atoms with Gasteiger partial charge in [0, 0.05) is 23.4 Å². The van der Waals surface area contributed by atoms with Crippen LogP contribution < -0.4 is 19.5 Å². The molecule has 1 aliphatic heterocycles. The smallest absolute Gasteiger partial charge is 0.295 e. The Morgan fingerprint density at radius 3 is 2.37 bits per heavy atom. The molecular formula is C19H19N3O5. The van der Waals surface area contributed by atoms with Gasteiger partial charge in [0.2, 0.25) is 11.7 Å².